The van der Waals surface area contributed by atoms with Crippen LogP contribution < -0.4 is 10.6 Å². The van der Waals surface area contributed by atoms with E-state index in [2.05, 4.69) is 10.6 Å². The molecule has 29 heavy (non-hydrogen) atoms. The molecule has 0 aromatic heterocycles. The number of sulfone groups is 1. The van der Waals surface area contributed by atoms with Crippen molar-refractivity contribution < 1.29 is 22.8 Å². The first-order valence-electron chi connectivity index (χ1n) is 9.32. The van der Waals surface area contributed by atoms with Crippen LogP contribution in [0.3, 0.4) is 0 Å². The Morgan fingerprint density at radius 3 is 2.66 bits per heavy atom. The molecule has 9 heteroatoms. The molecule has 0 bridgehead atoms. The normalized spacial score (nSPS) is 26.0. The summed E-state index contributed by atoms with van der Waals surface area (Å²) in [6.45, 7) is 1.16. The van der Waals surface area contributed by atoms with Crippen LogP contribution in [0.1, 0.15) is 18.9 Å². The molecular formula is C20H21N3O5S. The van der Waals surface area contributed by atoms with Gasteiger partial charge < -0.3 is 10.6 Å². The fourth-order valence-electron chi connectivity index (χ4n) is 4.01. The predicted octanol–water partition coefficient (Wildman–Crippen LogP) is 0.910. The fourth-order valence-corrected chi connectivity index (χ4v) is 5.68. The lowest BCUT2D eigenvalue weighted by Crippen LogP contribution is -2.45. The van der Waals surface area contributed by atoms with Crippen LogP contribution in [-0.2, 0) is 25.0 Å². The second-order valence-electron chi connectivity index (χ2n) is 7.64. The van der Waals surface area contributed by atoms with E-state index < -0.39 is 45.8 Å². The van der Waals surface area contributed by atoms with Crippen LogP contribution in [0.15, 0.2) is 42.5 Å². The molecule has 2 saturated heterocycles. The largest absolute Gasteiger partial charge is 0.351 e. The minimum absolute atomic E-state index is 0.0280. The third-order valence-corrected chi connectivity index (χ3v) is 7.27. The molecular weight excluding hydrogens is 394 g/mol. The lowest BCUT2D eigenvalue weighted by Gasteiger charge is -2.24. The Bertz CT molecular complexity index is 1120. The maximum atomic E-state index is 13.1. The summed E-state index contributed by atoms with van der Waals surface area (Å²) < 4.78 is 23.1. The summed E-state index contributed by atoms with van der Waals surface area (Å²) in [5.41, 5.74) is -0.645. The topological polar surface area (TPSA) is 113 Å². The molecule has 2 atom stereocenters. The molecule has 0 saturated carbocycles. The highest BCUT2D eigenvalue weighted by Gasteiger charge is 2.50. The third kappa shape index (κ3) is 3.46. The van der Waals surface area contributed by atoms with E-state index in [0.717, 1.165) is 15.7 Å². The van der Waals surface area contributed by atoms with Crippen molar-refractivity contribution in [3.63, 3.8) is 0 Å². The van der Waals surface area contributed by atoms with Crippen molar-refractivity contribution in [3.05, 3.63) is 48.0 Å². The summed E-state index contributed by atoms with van der Waals surface area (Å²) in [5, 5.41) is 7.10. The Hall–Kier alpha value is -2.94. The number of imide groups is 1. The van der Waals surface area contributed by atoms with Gasteiger partial charge in [-0.15, -0.1) is 0 Å². The fraction of sp³-hybridized carbons (Fsp3) is 0.350. The second kappa shape index (κ2) is 6.84. The number of nitrogens with zero attached hydrogens (tertiary/aromatic N) is 1. The molecule has 2 aliphatic rings. The van der Waals surface area contributed by atoms with Gasteiger partial charge in [0.2, 0.25) is 5.91 Å². The number of hydrogen-bond donors (Lipinski definition) is 2. The van der Waals surface area contributed by atoms with E-state index >= 15 is 0 Å². The van der Waals surface area contributed by atoms with Gasteiger partial charge in [-0.25, -0.2) is 13.2 Å². The predicted molar refractivity (Wildman–Crippen MR) is 107 cm³/mol. The number of rotatable bonds is 4. The summed E-state index contributed by atoms with van der Waals surface area (Å²) in [7, 11) is -3.14. The Balaban J connectivity index is 1.55. The molecule has 0 radical (unpaired) electrons. The number of carbonyl (C=O) groups excluding carboxylic acids is 3. The lowest BCUT2D eigenvalue weighted by molar-refractivity contribution is -0.135. The summed E-state index contributed by atoms with van der Waals surface area (Å²) in [4.78, 5) is 38.8. The molecule has 8 nitrogen and oxygen atoms in total. The molecule has 2 aliphatic heterocycles. The number of nitrogens with one attached hydrogen (secondary N) is 2. The number of carbonyl (C=O) groups is 3. The lowest BCUT2D eigenvalue weighted by atomic mass is 9.88. The highest BCUT2D eigenvalue weighted by atomic mass is 32.2. The monoisotopic (exact) mass is 415 g/mol. The van der Waals surface area contributed by atoms with Crippen LogP contribution in [0, 0.1) is 0 Å². The Labute approximate surface area is 168 Å². The first kappa shape index (κ1) is 19.4. The number of urea groups is 1. The Morgan fingerprint density at radius 2 is 1.93 bits per heavy atom. The first-order chi connectivity index (χ1) is 13.7. The van der Waals surface area contributed by atoms with Gasteiger partial charge >= 0.3 is 6.03 Å². The summed E-state index contributed by atoms with van der Waals surface area (Å²) in [6, 6.07) is 11.9. The van der Waals surface area contributed by atoms with E-state index in [1.165, 1.54) is 0 Å². The van der Waals surface area contributed by atoms with E-state index in [-0.39, 0.29) is 11.5 Å². The zero-order valence-corrected chi connectivity index (χ0v) is 16.7. The van der Waals surface area contributed by atoms with Gasteiger partial charge in [-0.1, -0.05) is 42.5 Å². The van der Waals surface area contributed by atoms with Crippen molar-refractivity contribution in [2.24, 2.45) is 0 Å². The van der Waals surface area contributed by atoms with E-state index in [0.29, 0.717) is 12.0 Å². The van der Waals surface area contributed by atoms with Crippen LogP contribution in [0.4, 0.5) is 4.79 Å². The summed E-state index contributed by atoms with van der Waals surface area (Å²) >= 11 is 0. The average Bonchev–Trinajstić information content (AvgIpc) is 3.12. The van der Waals surface area contributed by atoms with Gasteiger partial charge in [0, 0.05) is 6.04 Å². The Kier molecular flexibility index (Phi) is 4.57. The number of hydrogen-bond acceptors (Lipinski definition) is 5. The second-order valence-corrected chi connectivity index (χ2v) is 9.87. The quantitative estimate of drug-likeness (QED) is 0.721. The van der Waals surface area contributed by atoms with Gasteiger partial charge in [0.25, 0.3) is 5.91 Å². The summed E-state index contributed by atoms with van der Waals surface area (Å²) in [6.07, 6.45) is 0.335. The van der Waals surface area contributed by atoms with E-state index in [4.69, 9.17) is 0 Å². The molecule has 2 fully saturated rings. The van der Waals surface area contributed by atoms with Crippen molar-refractivity contribution in [3.8, 4) is 0 Å². The highest BCUT2D eigenvalue weighted by Crippen LogP contribution is 2.33. The van der Waals surface area contributed by atoms with E-state index in [9.17, 15) is 22.8 Å². The molecule has 2 N–H and O–H groups in total. The minimum atomic E-state index is -3.14. The smallest absolute Gasteiger partial charge is 0.325 e. The maximum absolute atomic E-state index is 13.1. The minimum Gasteiger partial charge on any atom is -0.351 e. The van der Waals surface area contributed by atoms with Crippen molar-refractivity contribution in [2.45, 2.75) is 24.9 Å². The average molecular weight is 415 g/mol. The molecule has 2 aromatic carbocycles. The molecule has 0 spiro atoms. The van der Waals surface area contributed by atoms with Crippen molar-refractivity contribution >= 4 is 38.5 Å². The maximum Gasteiger partial charge on any atom is 0.325 e. The molecule has 4 rings (SSSR count). The van der Waals surface area contributed by atoms with Gasteiger partial charge in [0.1, 0.15) is 12.1 Å². The molecule has 152 valence electrons. The van der Waals surface area contributed by atoms with Crippen molar-refractivity contribution in [1.82, 2.24) is 15.5 Å². The third-order valence-electron chi connectivity index (χ3n) is 5.50. The SMILES string of the molecule is C[C@@]1(c2cccc3ccccc23)NC(=O)N(CC(=O)N[C@@H]2CCS(=O)(=O)C2)C1=O. The van der Waals surface area contributed by atoms with Crippen LogP contribution in [-0.4, -0.2) is 55.3 Å². The van der Waals surface area contributed by atoms with E-state index in [1.807, 2.05) is 36.4 Å². The number of amides is 4. The molecule has 4 amide bonds. The van der Waals surface area contributed by atoms with Gasteiger partial charge in [-0.3, -0.25) is 14.5 Å². The number of benzene rings is 2. The Morgan fingerprint density at radius 1 is 1.21 bits per heavy atom. The van der Waals surface area contributed by atoms with Crippen molar-refractivity contribution in [1.29, 1.82) is 0 Å². The van der Waals surface area contributed by atoms with Crippen LogP contribution in [0.25, 0.3) is 10.8 Å². The first-order valence-corrected chi connectivity index (χ1v) is 11.1. The molecule has 0 unspecified atom stereocenters. The summed E-state index contributed by atoms with van der Waals surface area (Å²) in [5.74, 6) is -1.17. The molecule has 2 heterocycles. The van der Waals surface area contributed by atoms with Gasteiger partial charge in [0.15, 0.2) is 9.84 Å². The van der Waals surface area contributed by atoms with Crippen molar-refractivity contribution in [2.75, 3.05) is 18.1 Å². The van der Waals surface area contributed by atoms with Gasteiger partial charge in [-0.2, -0.15) is 0 Å². The standard InChI is InChI=1S/C20H21N3O5S/c1-20(16-8-4-6-13-5-2-3-7-15(13)16)18(25)23(19(26)22-20)11-17(24)21-14-9-10-29(27,28)12-14/h2-8,14H,9-12H2,1H3,(H,21,24)(H,22,26)/t14-,20+/m1/s1. The number of fused-ring (bicyclic) bond motifs is 1. The van der Waals surface area contributed by atoms with Gasteiger partial charge in [0.05, 0.1) is 11.5 Å². The van der Waals surface area contributed by atoms with Crippen LogP contribution in [0.2, 0.25) is 0 Å². The zero-order valence-electron chi connectivity index (χ0n) is 15.8. The van der Waals surface area contributed by atoms with Crippen LogP contribution >= 0.6 is 0 Å². The zero-order chi connectivity index (χ0) is 20.8. The molecule has 2 aromatic rings. The highest BCUT2D eigenvalue weighted by molar-refractivity contribution is 7.91. The van der Waals surface area contributed by atoms with Gasteiger partial charge in [-0.05, 0) is 29.7 Å². The molecule has 0 aliphatic carbocycles. The van der Waals surface area contributed by atoms with Crippen LogP contribution in [0.5, 0.6) is 0 Å². The van der Waals surface area contributed by atoms with E-state index in [1.54, 1.807) is 13.0 Å².